The first-order valence-electron chi connectivity index (χ1n) is 8.80. The second-order valence-corrected chi connectivity index (χ2v) is 7.13. The molecule has 0 aromatic carbocycles. The van der Waals surface area contributed by atoms with E-state index in [0.29, 0.717) is 24.4 Å². The number of likely N-dealkylation sites (tertiary alicyclic amines) is 1. The molecule has 0 atom stereocenters. The molecule has 1 heterocycles. The van der Waals surface area contributed by atoms with E-state index in [1.165, 1.54) is 26.0 Å². The maximum absolute atomic E-state index is 12.6. The van der Waals surface area contributed by atoms with Crippen LogP contribution in [0.4, 0.5) is 4.79 Å². The van der Waals surface area contributed by atoms with Crippen LogP contribution in [0.1, 0.15) is 59.8 Å². The van der Waals surface area contributed by atoms with Gasteiger partial charge < -0.3 is 10.6 Å². The fourth-order valence-corrected chi connectivity index (χ4v) is 3.07. The first-order valence-corrected chi connectivity index (χ1v) is 8.80. The zero-order valence-corrected chi connectivity index (χ0v) is 15.5. The van der Waals surface area contributed by atoms with Gasteiger partial charge in [0.1, 0.15) is 5.71 Å². The Kier molecular flexibility index (Phi) is 7.45. The number of hydrazone groups is 1. The van der Waals surface area contributed by atoms with Gasteiger partial charge in [-0.1, -0.05) is 40.2 Å². The Morgan fingerprint density at radius 2 is 1.96 bits per heavy atom. The van der Waals surface area contributed by atoms with Crippen LogP contribution in [0.5, 0.6) is 0 Å². The van der Waals surface area contributed by atoms with Gasteiger partial charge in [-0.3, -0.25) is 4.79 Å². The summed E-state index contributed by atoms with van der Waals surface area (Å²) >= 11 is 0. The Balaban J connectivity index is 2.71. The first kappa shape index (κ1) is 20.2. The summed E-state index contributed by atoms with van der Waals surface area (Å²) in [6.07, 6.45) is 6.91. The molecule has 0 radical (unpaired) electrons. The van der Waals surface area contributed by atoms with Crippen LogP contribution in [0, 0.1) is 11.3 Å². The van der Waals surface area contributed by atoms with Gasteiger partial charge in [-0.2, -0.15) is 10.1 Å². The van der Waals surface area contributed by atoms with Gasteiger partial charge in [-0.05, 0) is 37.5 Å². The standard InChI is InChI=1S/C18H32N4O2/c1-6-18(9-8-14(3)4)10-12-21(13-11-18)17(24)22(7-2)20-15(5)16(19)23/h7,14H,2,6,8-13H2,1,3-5H3,(H2,19,23)/b20-15+. The maximum Gasteiger partial charge on any atom is 0.344 e. The number of urea groups is 1. The monoisotopic (exact) mass is 336 g/mol. The lowest BCUT2D eigenvalue weighted by molar-refractivity contribution is -0.112. The number of nitrogens with zero attached hydrogens (tertiary/aromatic N) is 3. The minimum Gasteiger partial charge on any atom is -0.365 e. The predicted molar refractivity (Wildman–Crippen MR) is 97.3 cm³/mol. The highest BCUT2D eigenvalue weighted by Crippen LogP contribution is 2.40. The van der Waals surface area contributed by atoms with Crippen molar-refractivity contribution in [2.45, 2.75) is 59.8 Å². The fraction of sp³-hybridized carbons (Fsp3) is 0.722. The van der Waals surface area contributed by atoms with Gasteiger partial charge in [0.05, 0.1) is 0 Å². The quantitative estimate of drug-likeness (QED) is 0.571. The molecule has 136 valence electrons. The Labute approximate surface area is 145 Å². The Bertz CT molecular complexity index is 491. The summed E-state index contributed by atoms with van der Waals surface area (Å²) in [6, 6.07) is -0.251. The van der Waals surface area contributed by atoms with Crippen LogP contribution in [-0.4, -0.2) is 40.6 Å². The van der Waals surface area contributed by atoms with E-state index in [1.807, 2.05) is 0 Å². The Morgan fingerprint density at radius 3 is 2.38 bits per heavy atom. The molecule has 0 aromatic heterocycles. The summed E-state index contributed by atoms with van der Waals surface area (Å²) in [7, 11) is 0. The third kappa shape index (κ3) is 5.35. The summed E-state index contributed by atoms with van der Waals surface area (Å²) in [4.78, 5) is 25.5. The molecule has 0 aromatic rings. The molecule has 0 saturated carbocycles. The van der Waals surface area contributed by atoms with Gasteiger partial charge in [0.25, 0.3) is 5.91 Å². The van der Waals surface area contributed by atoms with Crippen molar-refractivity contribution in [2.75, 3.05) is 13.1 Å². The largest absolute Gasteiger partial charge is 0.365 e. The molecular weight excluding hydrogens is 304 g/mol. The second-order valence-electron chi connectivity index (χ2n) is 7.13. The summed E-state index contributed by atoms with van der Waals surface area (Å²) in [5, 5.41) is 5.06. The molecule has 2 N–H and O–H groups in total. The van der Waals surface area contributed by atoms with Crippen molar-refractivity contribution < 1.29 is 9.59 Å². The fourth-order valence-electron chi connectivity index (χ4n) is 3.07. The van der Waals surface area contributed by atoms with E-state index in [9.17, 15) is 9.59 Å². The number of hydrogen-bond acceptors (Lipinski definition) is 3. The number of rotatable bonds is 7. The van der Waals surface area contributed by atoms with Crippen LogP contribution in [0.2, 0.25) is 0 Å². The third-order valence-electron chi connectivity index (χ3n) is 5.08. The van der Waals surface area contributed by atoms with Crippen molar-refractivity contribution in [3.05, 3.63) is 12.8 Å². The molecule has 0 aliphatic carbocycles. The van der Waals surface area contributed by atoms with Crippen molar-refractivity contribution in [1.82, 2.24) is 9.91 Å². The summed E-state index contributed by atoms with van der Waals surface area (Å²) in [5.41, 5.74) is 5.60. The molecule has 24 heavy (non-hydrogen) atoms. The smallest absolute Gasteiger partial charge is 0.344 e. The lowest BCUT2D eigenvalue weighted by Gasteiger charge is -2.42. The van der Waals surface area contributed by atoms with Crippen LogP contribution < -0.4 is 5.73 Å². The number of amides is 3. The average molecular weight is 336 g/mol. The highest BCUT2D eigenvalue weighted by molar-refractivity contribution is 6.37. The molecule has 1 aliphatic heterocycles. The van der Waals surface area contributed by atoms with Crippen molar-refractivity contribution in [1.29, 1.82) is 0 Å². The topological polar surface area (TPSA) is 79.0 Å². The van der Waals surface area contributed by atoms with Crippen LogP contribution in [0.15, 0.2) is 17.9 Å². The number of hydrogen-bond donors (Lipinski definition) is 1. The SMILES string of the molecule is C=CN(/N=C(\C)C(N)=O)C(=O)N1CCC(CC)(CCC(C)C)CC1. The molecule has 6 heteroatoms. The molecule has 0 unspecified atom stereocenters. The van der Waals surface area contributed by atoms with Crippen LogP contribution >= 0.6 is 0 Å². The zero-order valence-electron chi connectivity index (χ0n) is 15.5. The van der Waals surface area contributed by atoms with Crippen molar-refractivity contribution >= 4 is 17.6 Å². The minimum absolute atomic E-state index is 0.0834. The lowest BCUT2D eigenvalue weighted by atomic mass is 9.72. The van der Waals surface area contributed by atoms with Crippen LogP contribution in [0.3, 0.4) is 0 Å². The van der Waals surface area contributed by atoms with Gasteiger partial charge in [0.15, 0.2) is 0 Å². The number of carbonyl (C=O) groups excluding carboxylic acids is 2. The average Bonchev–Trinajstić information content (AvgIpc) is 2.57. The minimum atomic E-state index is -0.646. The Morgan fingerprint density at radius 1 is 1.38 bits per heavy atom. The number of primary amides is 1. The third-order valence-corrected chi connectivity index (χ3v) is 5.08. The van der Waals surface area contributed by atoms with Gasteiger partial charge in [0.2, 0.25) is 0 Å². The van der Waals surface area contributed by atoms with Crippen molar-refractivity contribution in [3.63, 3.8) is 0 Å². The van der Waals surface area contributed by atoms with E-state index in [1.54, 1.807) is 4.90 Å². The van der Waals surface area contributed by atoms with Gasteiger partial charge in [-0.15, -0.1) is 0 Å². The van der Waals surface area contributed by atoms with Gasteiger partial charge >= 0.3 is 6.03 Å². The van der Waals surface area contributed by atoms with E-state index in [0.717, 1.165) is 24.3 Å². The zero-order chi connectivity index (χ0) is 18.3. The van der Waals surface area contributed by atoms with Gasteiger partial charge in [0, 0.05) is 19.3 Å². The second kappa shape index (κ2) is 8.85. The number of carbonyl (C=O) groups is 2. The van der Waals surface area contributed by atoms with E-state index in [4.69, 9.17) is 5.73 Å². The van der Waals surface area contributed by atoms with Crippen LogP contribution in [-0.2, 0) is 4.79 Å². The number of piperidine rings is 1. The normalized spacial score (nSPS) is 17.7. The van der Waals surface area contributed by atoms with Crippen LogP contribution in [0.25, 0.3) is 0 Å². The lowest BCUT2D eigenvalue weighted by Crippen LogP contribution is -2.46. The highest BCUT2D eigenvalue weighted by Gasteiger charge is 2.35. The molecule has 1 rings (SSSR count). The van der Waals surface area contributed by atoms with Crippen molar-refractivity contribution in [3.8, 4) is 0 Å². The molecule has 3 amide bonds. The molecule has 0 bridgehead atoms. The molecule has 1 fully saturated rings. The summed E-state index contributed by atoms with van der Waals surface area (Å²) in [6.45, 7) is 13.3. The maximum atomic E-state index is 12.6. The van der Waals surface area contributed by atoms with E-state index < -0.39 is 5.91 Å². The summed E-state index contributed by atoms with van der Waals surface area (Å²) in [5.74, 6) is 0.0578. The van der Waals surface area contributed by atoms with Crippen molar-refractivity contribution in [2.24, 2.45) is 22.2 Å². The Hall–Kier alpha value is -1.85. The molecular formula is C18H32N4O2. The van der Waals surface area contributed by atoms with E-state index in [2.05, 4.69) is 32.5 Å². The predicted octanol–water partition coefficient (Wildman–Crippen LogP) is 3.34. The van der Waals surface area contributed by atoms with E-state index in [-0.39, 0.29) is 11.7 Å². The molecule has 1 saturated heterocycles. The first-order chi connectivity index (χ1) is 11.2. The molecule has 6 nitrogen and oxygen atoms in total. The van der Waals surface area contributed by atoms with Gasteiger partial charge in [-0.25, -0.2) is 4.79 Å². The summed E-state index contributed by atoms with van der Waals surface area (Å²) < 4.78 is 0. The number of nitrogens with two attached hydrogens (primary N) is 1. The molecule has 1 aliphatic rings. The highest BCUT2D eigenvalue weighted by atomic mass is 16.2. The molecule has 0 spiro atoms. The van der Waals surface area contributed by atoms with E-state index >= 15 is 0 Å².